The zero-order valence-corrected chi connectivity index (χ0v) is 16.5. The molecule has 2 bridgehead atoms. The SMILES string of the molecule is Cc1cc(/C=N\N2C(=O)[C@@H]3[C@H]4C=C[C@@H]([C@@H]5C[C@@H]45)[C@H]3C2=O)c(C)n1-c1ccccc1. The van der Waals surface area contributed by atoms with Gasteiger partial charge in [0.2, 0.25) is 0 Å². The summed E-state index contributed by atoms with van der Waals surface area (Å²) in [5, 5.41) is 5.55. The largest absolute Gasteiger partial charge is 0.318 e. The highest BCUT2D eigenvalue weighted by atomic mass is 16.2. The molecule has 2 amide bonds. The minimum atomic E-state index is -0.199. The van der Waals surface area contributed by atoms with Crippen LogP contribution in [0, 0.1) is 49.4 Å². The van der Waals surface area contributed by atoms with Crippen LogP contribution in [0.15, 0.2) is 53.7 Å². The van der Waals surface area contributed by atoms with Crippen molar-refractivity contribution in [3.63, 3.8) is 0 Å². The number of allylic oxidation sites excluding steroid dienone is 2. The lowest BCUT2D eigenvalue weighted by Gasteiger charge is -2.37. The molecular formula is C24H23N3O2. The van der Waals surface area contributed by atoms with Crippen molar-refractivity contribution in [3.05, 3.63) is 65.5 Å². The molecule has 3 fully saturated rings. The molecule has 7 rings (SSSR count). The smallest absolute Gasteiger partial charge is 0.254 e. The molecule has 4 aliphatic carbocycles. The molecule has 6 atom stereocenters. The molecule has 2 aromatic rings. The minimum absolute atomic E-state index is 0.113. The molecule has 2 heterocycles. The van der Waals surface area contributed by atoms with Crippen molar-refractivity contribution in [2.24, 2.45) is 40.6 Å². The Morgan fingerprint density at radius 3 is 2.21 bits per heavy atom. The fraction of sp³-hybridized carbons (Fsp3) is 0.375. The minimum Gasteiger partial charge on any atom is -0.318 e. The van der Waals surface area contributed by atoms with Gasteiger partial charge in [0.05, 0.1) is 18.1 Å². The van der Waals surface area contributed by atoms with Gasteiger partial charge in [0.25, 0.3) is 11.8 Å². The standard InChI is InChI=1S/C24H23N3O2/c1-13-10-15(14(2)26(13)16-6-4-3-5-7-16)12-25-27-23(28)21-17-8-9-18(20-11-19(17)20)22(21)24(27)29/h3-10,12,17-22H,11H2,1-2H3/b25-12-/t17-,18-,19-,20-,21+,22+/m0/s1. The summed E-state index contributed by atoms with van der Waals surface area (Å²) in [4.78, 5) is 26.1. The first-order chi connectivity index (χ1) is 14.1. The fourth-order valence-electron chi connectivity index (χ4n) is 6.07. The molecule has 0 N–H and O–H groups in total. The number of para-hydroxylation sites is 1. The third-order valence-electron chi connectivity index (χ3n) is 7.44. The summed E-state index contributed by atoms with van der Waals surface area (Å²) in [6.45, 7) is 4.08. The molecule has 0 unspecified atom stereocenters. The number of benzene rings is 1. The molecule has 1 aromatic carbocycles. The first-order valence-electron chi connectivity index (χ1n) is 10.4. The summed E-state index contributed by atoms with van der Waals surface area (Å²) in [7, 11) is 0. The van der Waals surface area contributed by atoms with Gasteiger partial charge in [0.1, 0.15) is 0 Å². The molecule has 1 aliphatic heterocycles. The van der Waals surface area contributed by atoms with Crippen LogP contribution >= 0.6 is 0 Å². The molecule has 5 aliphatic rings. The number of carbonyl (C=O) groups excluding carboxylic acids is 2. The van der Waals surface area contributed by atoms with Crippen LogP contribution in [0.4, 0.5) is 0 Å². The van der Waals surface area contributed by atoms with Crippen LogP contribution in [0.3, 0.4) is 0 Å². The van der Waals surface area contributed by atoms with Crippen LogP contribution in [-0.2, 0) is 9.59 Å². The van der Waals surface area contributed by atoms with E-state index in [0.29, 0.717) is 11.8 Å². The molecule has 146 valence electrons. The average molecular weight is 385 g/mol. The predicted molar refractivity (Wildman–Crippen MR) is 109 cm³/mol. The lowest BCUT2D eigenvalue weighted by atomic mass is 9.63. The number of hydrogen-bond acceptors (Lipinski definition) is 3. The number of carbonyl (C=O) groups is 2. The first-order valence-corrected chi connectivity index (χ1v) is 10.4. The van der Waals surface area contributed by atoms with Gasteiger partial charge in [0.15, 0.2) is 0 Å². The summed E-state index contributed by atoms with van der Waals surface area (Å²) in [6, 6.07) is 12.2. The molecule has 5 heteroatoms. The van der Waals surface area contributed by atoms with Gasteiger partial charge < -0.3 is 4.57 Å². The van der Waals surface area contributed by atoms with Gasteiger partial charge in [-0.05, 0) is 62.1 Å². The van der Waals surface area contributed by atoms with Crippen LogP contribution in [-0.4, -0.2) is 27.6 Å². The maximum atomic E-state index is 13.1. The maximum absolute atomic E-state index is 13.1. The van der Waals surface area contributed by atoms with Crippen molar-refractivity contribution in [1.29, 1.82) is 0 Å². The van der Waals surface area contributed by atoms with Gasteiger partial charge in [-0.1, -0.05) is 30.4 Å². The van der Waals surface area contributed by atoms with E-state index in [1.807, 2.05) is 38.1 Å². The molecule has 5 nitrogen and oxygen atoms in total. The third kappa shape index (κ3) is 2.24. The molecule has 29 heavy (non-hydrogen) atoms. The summed E-state index contributed by atoms with van der Waals surface area (Å²) >= 11 is 0. The highest BCUT2D eigenvalue weighted by Gasteiger charge is 2.67. The Hall–Kier alpha value is -2.95. The van der Waals surface area contributed by atoms with E-state index in [4.69, 9.17) is 0 Å². The van der Waals surface area contributed by atoms with Crippen molar-refractivity contribution >= 4 is 18.0 Å². The summed E-state index contributed by atoms with van der Waals surface area (Å²) in [6.07, 6.45) is 7.22. The number of hydrazone groups is 1. The molecule has 0 radical (unpaired) electrons. The van der Waals surface area contributed by atoms with E-state index in [9.17, 15) is 9.59 Å². The quantitative estimate of drug-likeness (QED) is 0.461. The predicted octanol–water partition coefficient (Wildman–Crippen LogP) is 3.48. The Morgan fingerprint density at radius 1 is 0.966 bits per heavy atom. The van der Waals surface area contributed by atoms with Crippen LogP contribution in [0.2, 0.25) is 0 Å². The normalized spacial score (nSPS) is 34.2. The van der Waals surface area contributed by atoms with Crippen molar-refractivity contribution in [2.45, 2.75) is 20.3 Å². The Morgan fingerprint density at radius 2 is 1.59 bits per heavy atom. The van der Waals surface area contributed by atoms with Gasteiger partial charge in [-0.3, -0.25) is 9.59 Å². The molecule has 1 aromatic heterocycles. The maximum Gasteiger partial charge on any atom is 0.254 e. The molecular weight excluding hydrogens is 362 g/mol. The second-order valence-electron chi connectivity index (χ2n) is 8.88. The fourth-order valence-corrected chi connectivity index (χ4v) is 6.07. The van der Waals surface area contributed by atoms with Gasteiger partial charge in [-0.2, -0.15) is 10.1 Å². The van der Waals surface area contributed by atoms with Crippen molar-refractivity contribution in [3.8, 4) is 5.69 Å². The first kappa shape index (κ1) is 17.0. The number of aryl methyl sites for hydroxylation is 1. The van der Waals surface area contributed by atoms with Crippen molar-refractivity contribution in [2.75, 3.05) is 0 Å². The Balaban J connectivity index is 1.31. The number of nitrogens with zero attached hydrogens (tertiary/aromatic N) is 3. The Kier molecular flexibility index (Phi) is 3.38. The zero-order chi connectivity index (χ0) is 19.9. The van der Waals surface area contributed by atoms with Crippen molar-refractivity contribution in [1.82, 2.24) is 9.58 Å². The van der Waals surface area contributed by atoms with Gasteiger partial charge in [-0.15, -0.1) is 0 Å². The van der Waals surface area contributed by atoms with Crippen molar-refractivity contribution < 1.29 is 9.59 Å². The van der Waals surface area contributed by atoms with E-state index in [1.165, 1.54) is 6.42 Å². The number of imide groups is 1. The molecule has 2 saturated carbocycles. The highest BCUT2D eigenvalue weighted by Crippen LogP contribution is 2.65. The second kappa shape index (κ2) is 5.78. The summed E-state index contributed by atoms with van der Waals surface area (Å²) in [5.41, 5.74) is 4.14. The van der Waals surface area contributed by atoms with Crippen LogP contribution in [0.5, 0.6) is 0 Å². The van der Waals surface area contributed by atoms with Crippen LogP contribution in [0.1, 0.15) is 23.4 Å². The van der Waals surface area contributed by atoms with E-state index in [-0.39, 0.29) is 35.5 Å². The number of rotatable bonds is 3. The van der Waals surface area contributed by atoms with Gasteiger partial charge in [0, 0.05) is 22.6 Å². The number of amides is 2. The monoisotopic (exact) mass is 385 g/mol. The van der Waals surface area contributed by atoms with E-state index in [2.05, 4.69) is 34.0 Å². The van der Waals surface area contributed by atoms with E-state index in [1.54, 1.807) is 6.21 Å². The topological polar surface area (TPSA) is 54.7 Å². The number of hydrogen-bond donors (Lipinski definition) is 0. The second-order valence-corrected chi connectivity index (χ2v) is 8.88. The van der Waals surface area contributed by atoms with Crippen LogP contribution in [0.25, 0.3) is 5.69 Å². The molecule has 0 spiro atoms. The number of aromatic nitrogens is 1. The third-order valence-corrected chi connectivity index (χ3v) is 7.44. The van der Waals surface area contributed by atoms with E-state index < -0.39 is 0 Å². The van der Waals surface area contributed by atoms with Crippen LogP contribution < -0.4 is 0 Å². The lowest BCUT2D eigenvalue weighted by Crippen LogP contribution is -2.40. The Labute approximate surface area is 169 Å². The van der Waals surface area contributed by atoms with E-state index >= 15 is 0 Å². The molecule has 1 saturated heterocycles. The van der Waals surface area contributed by atoms with Gasteiger partial charge in [-0.25, -0.2) is 0 Å². The highest BCUT2D eigenvalue weighted by molar-refractivity contribution is 6.06. The van der Waals surface area contributed by atoms with Gasteiger partial charge >= 0.3 is 0 Å². The summed E-state index contributed by atoms with van der Waals surface area (Å²) < 4.78 is 2.16. The average Bonchev–Trinajstić information content (AvgIpc) is 3.45. The Bertz CT molecular complexity index is 1060. The lowest BCUT2D eigenvalue weighted by molar-refractivity contribution is -0.140. The zero-order valence-electron chi connectivity index (χ0n) is 16.5. The van der Waals surface area contributed by atoms with E-state index in [0.717, 1.165) is 27.6 Å². The summed E-state index contributed by atoms with van der Waals surface area (Å²) in [5.74, 6) is 1.05.